The van der Waals surface area contributed by atoms with Crippen molar-refractivity contribution < 1.29 is 4.79 Å². The highest BCUT2D eigenvalue weighted by molar-refractivity contribution is 8.00. The molecule has 1 aromatic heterocycles. The molecule has 0 saturated carbocycles. The monoisotopic (exact) mass is 288 g/mol. The molecule has 0 radical (unpaired) electrons. The van der Waals surface area contributed by atoms with Crippen molar-refractivity contribution in [1.29, 1.82) is 0 Å². The van der Waals surface area contributed by atoms with E-state index in [2.05, 4.69) is 9.97 Å². The lowest BCUT2D eigenvalue weighted by molar-refractivity contribution is 0.0993. The molecular formula is C15H16N2O2S. The standard InChI is InChI=1S/C15H16N2O2S/c1-9-4-5-10(2)12(8-9)14(19)11(3)20-15-16-7-6-13(18)17-15/h4-8,11H,1-3H3,(H,16,17,18). The molecule has 0 aliphatic rings. The summed E-state index contributed by atoms with van der Waals surface area (Å²) in [6.45, 7) is 5.71. The van der Waals surface area contributed by atoms with E-state index in [1.165, 1.54) is 24.0 Å². The van der Waals surface area contributed by atoms with Crippen LogP contribution in [0.25, 0.3) is 0 Å². The number of aryl methyl sites for hydroxylation is 2. The van der Waals surface area contributed by atoms with Crippen molar-refractivity contribution in [3.8, 4) is 0 Å². The molecule has 0 aliphatic heterocycles. The first kappa shape index (κ1) is 14.5. The molecule has 1 heterocycles. The number of carbonyl (C=O) groups excluding carboxylic acids is 1. The predicted octanol–water partition coefficient (Wildman–Crippen LogP) is 2.75. The number of ketones is 1. The highest BCUT2D eigenvalue weighted by Gasteiger charge is 2.19. The van der Waals surface area contributed by atoms with Gasteiger partial charge in [0, 0.05) is 17.8 Å². The Morgan fingerprint density at radius 2 is 2.05 bits per heavy atom. The van der Waals surface area contributed by atoms with Gasteiger partial charge in [0.15, 0.2) is 10.9 Å². The summed E-state index contributed by atoms with van der Waals surface area (Å²) in [7, 11) is 0. The van der Waals surface area contributed by atoms with Crippen LogP contribution in [0.15, 0.2) is 40.4 Å². The third kappa shape index (κ3) is 3.36. The summed E-state index contributed by atoms with van der Waals surface area (Å²) in [5, 5.41) is 0.157. The first-order valence-corrected chi connectivity index (χ1v) is 7.19. The summed E-state index contributed by atoms with van der Waals surface area (Å²) >= 11 is 1.26. The predicted molar refractivity (Wildman–Crippen MR) is 80.4 cm³/mol. The fourth-order valence-corrected chi connectivity index (χ4v) is 2.70. The van der Waals surface area contributed by atoms with Crippen LogP contribution < -0.4 is 5.56 Å². The van der Waals surface area contributed by atoms with Crippen LogP contribution in [-0.4, -0.2) is 21.0 Å². The molecule has 104 valence electrons. The number of nitrogens with one attached hydrogen (secondary N) is 1. The van der Waals surface area contributed by atoms with Crippen LogP contribution in [0.3, 0.4) is 0 Å². The Hall–Kier alpha value is -1.88. The maximum Gasteiger partial charge on any atom is 0.251 e. The van der Waals surface area contributed by atoms with Gasteiger partial charge < -0.3 is 4.98 Å². The number of Topliss-reactive ketones (excluding diaryl/α,β-unsaturated/α-hetero) is 1. The summed E-state index contributed by atoms with van der Waals surface area (Å²) in [5.41, 5.74) is 2.53. The number of benzene rings is 1. The highest BCUT2D eigenvalue weighted by atomic mass is 32.2. The van der Waals surface area contributed by atoms with Gasteiger partial charge >= 0.3 is 0 Å². The zero-order valence-electron chi connectivity index (χ0n) is 11.6. The molecular weight excluding hydrogens is 272 g/mol. The van der Waals surface area contributed by atoms with Gasteiger partial charge in [-0.3, -0.25) is 9.59 Å². The van der Waals surface area contributed by atoms with E-state index in [1.54, 1.807) is 0 Å². The van der Waals surface area contributed by atoms with E-state index in [1.807, 2.05) is 39.0 Å². The number of hydrogen-bond donors (Lipinski definition) is 1. The zero-order valence-corrected chi connectivity index (χ0v) is 12.5. The average molecular weight is 288 g/mol. The third-order valence-corrected chi connectivity index (χ3v) is 3.96. The zero-order chi connectivity index (χ0) is 14.7. The van der Waals surface area contributed by atoms with Crippen molar-refractivity contribution >= 4 is 17.5 Å². The Balaban J connectivity index is 2.20. The van der Waals surface area contributed by atoms with Crippen molar-refractivity contribution in [2.24, 2.45) is 0 Å². The van der Waals surface area contributed by atoms with Gasteiger partial charge in [-0.25, -0.2) is 4.98 Å². The maximum absolute atomic E-state index is 12.5. The third-order valence-electron chi connectivity index (χ3n) is 2.96. The summed E-state index contributed by atoms with van der Waals surface area (Å²) in [5.74, 6) is 0.0442. The number of aromatic nitrogens is 2. The van der Waals surface area contributed by atoms with E-state index in [-0.39, 0.29) is 16.6 Å². The Labute approximate surface area is 121 Å². The minimum atomic E-state index is -0.305. The van der Waals surface area contributed by atoms with E-state index in [0.717, 1.165) is 16.7 Å². The highest BCUT2D eigenvalue weighted by Crippen LogP contribution is 2.23. The summed E-state index contributed by atoms with van der Waals surface area (Å²) in [6.07, 6.45) is 1.44. The number of carbonyl (C=O) groups is 1. The lowest BCUT2D eigenvalue weighted by Crippen LogP contribution is -2.16. The number of thioether (sulfide) groups is 1. The van der Waals surface area contributed by atoms with Crippen LogP contribution >= 0.6 is 11.8 Å². The molecule has 2 rings (SSSR count). The Morgan fingerprint density at radius 1 is 1.30 bits per heavy atom. The second-order valence-electron chi connectivity index (χ2n) is 4.68. The molecule has 5 heteroatoms. The molecule has 20 heavy (non-hydrogen) atoms. The molecule has 0 saturated heterocycles. The molecule has 0 bridgehead atoms. The first-order valence-electron chi connectivity index (χ1n) is 6.31. The molecule has 0 fully saturated rings. The van der Waals surface area contributed by atoms with Gasteiger partial charge in [-0.05, 0) is 32.4 Å². The Morgan fingerprint density at radius 3 is 2.75 bits per heavy atom. The van der Waals surface area contributed by atoms with Crippen molar-refractivity contribution in [2.75, 3.05) is 0 Å². The minimum absolute atomic E-state index is 0.0442. The average Bonchev–Trinajstić information content (AvgIpc) is 2.40. The molecule has 0 spiro atoms. The van der Waals surface area contributed by atoms with Gasteiger partial charge in [0.05, 0.1) is 5.25 Å². The summed E-state index contributed by atoms with van der Waals surface area (Å²) < 4.78 is 0. The normalized spacial score (nSPS) is 12.2. The van der Waals surface area contributed by atoms with E-state index in [9.17, 15) is 9.59 Å². The second kappa shape index (κ2) is 6.05. The largest absolute Gasteiger partial charge is 0.301 e. The SMILES string of the molecule is Cc1ccc(C)c(C(=O)C(C)Sc2nccc(=O)[nH]2)c1. The van der Waals surface area contributed by atoms with Crippen LogP contribution in [0.5, 0.6) is 0 Å². The number of nitrogens with zero attached hydrogens (tertiary/aromatic N) is 1. The van der Waals surface area contributed by atoms with Crippen LogP contribution in [0.2, 0.25) is 0 Å². The van der Waals surface area contributed by atoms with Crippen molar-refractivity contribution in [1.82, 2.24) is 9.97 Å². The van der Waals surface area contributed by atoms with Crippen molar-refractivity contribution in [3.05, 3.63) is 57.5 Å². The first-order chi connectivity index (χ1) is 9.47. The molecule has 1 aromatic carbocycles. The van der Waals surface area contributed by atoms with Crippen molar-refractivity contribution in [3.63, 3.8) is 0 Å². The molecule has 1 atom stereocenters. The van der Waals surface area contributed by atoms with E-state index >= 15 is 0 Å². The minimum Gasteiger partial charge on any atom is -0.301 e. The maximum atomic E-state index is 12.5. The lowest BCUT2D eigenvalue weighted by Gasteiger charge is -2.12. The quantitative estimate of drug-likeness (QED) is 0.534. The number of aromatic amines is 1. The molecule has 0 amide bonds. The van der Waals surface area contributed by atoms with Crippen LogP contribution in [-0.2, 0) is 0 Å². The molecule has 1 unspecified atom stereocenters. The van der Waals surface area contributed by atoms with Gasteiger partial charge in [-0.15, -0.1) is 0 Å². The fraction of sp³-hybridized carbons (Fsp3) is 0.267. The van der Waals surface area contributed by atoms with Crippen LogP contribution in [0, 0.1) is 13.8 Å². The van der Waals surface area contributed by atoms with Gasteiger partial charge in [0.1, 0.15) is 0 Å². The summed E-state index contributed by atoms with van der Waals surface area (Å²) in [6, 6.07) is 7.18. The second-order valence-corrected chi connectivity index (χ2v) is 6.01. The van der Waals surface area contributed by atoms with Crippen LogP contribution in [0.1, 0.15) is 28.4 Å². The number of hydrogen-bond acceptors (Lipinski definition) is 4. The van der Waals surface area contributed by atoms with Crippen molar-refractivity contribution in [2.45, 2.75) is 31.2 Å². The smallest absolute Gasteiger partial charge is 0.251 e. The Kier molecular flexibility index (Phi) is 4.39. The van der Waals surface area contributed by atoms with Crippen LogP contribution in [0.4, 0.5) is 0 Å². The van der Waals surface area contributed by atoms with Gasteiger partial charge in [-0.2, -0.15) is 0 Å². The van der Waals surface area contributed by atoms with E-state index < -0.39 is 0 Å². The fourth-order valence-electron chi connectivity index (χ4n) is 1.85. The van der Waals surface area contributed by atoms with Gasteiger partial charge in [0.25, 0.3) is 5.56 Å². The molecule has 4 nitrogen and oxygen atoms in total. The topological polar surface area (TPSA) is 62.8 Å². The Bertz CT molecular complexity index is 694. The van der Waals surface area contributed by atoms with Gasteiger partial charge in [-0.1, -0.05) is 29.5 Å². The number of H-pyrrole nitrogens is 1. The number of rotatable bonds is 4. The molecule has 2 aromatic rings. The van der Waals surface area contributed by atoms with E-state index in [4.69, 9.17) is 0 Å². The molecule has 0 aliphatic carbocycles. The lowest BCUT2D eigenvalue weighted by atomic mass is 10.0. The van der Waals surface area contributed by atoms with Gasteiger partial charge in [0.2, 0.25) is 0 Å². The molecule has 1 N–H and O–H groups in total. The summed E-state index contributed by atoms with van der Waals surface area (Å²) in [4.78, 5) is 30.3. The van der Waals surface area contributed by atoms with E-state index in [0.29, 0.717) is 5.16 Å².